The molecule has 1 aromatic rings. The third-order valence-electron chi connectivity index (χ3n) is 5.48. The molecule has 3 atom stereocenters. The molecule has 3 nitrogen and oxygen atoms in total. The lowest BCUT2D eigenvalue weighted by Crippen LogP contribution is -2.45. The van der Waals surface area contributed by atoms with Crippen LogP contribution in [-0.2, 0) is 0 Å². The van der Waals surface area contributed by atoms with Crippen molar-refractivity contribution in [2.24, 2.45) is 17.6 Å². The minimum absolute atomic E-state index is 0.295. The number of nitrogens with two attached hydrogens (primary N) is 1. The highest BCUT2D eigenvalue weighted by Gasteiger charge is 2.34. The maximum absolute atomic E-state index is 6.13. The van der Waals surface area contributed by atoms with Crippen LogP contribution < -0.4 is 10.5 Å². The van der Waals surface area contributed by atoms with Gasteiger partial charge in [0.1, 0.15) is 5.75 Å². The van der Waals surface area contributed by atoms with E-state index in [2.05, 4.69) is 17.0 Å². The quantitative estimate of drug-likeness (QED) is 0.924. The lowest BCUT2D eigenvalue weighted by atomic mass is 9.74. The summed E-state index contributed by atoms with van der Waals surface area (Å²) in [5.41, 5.74) is 7.38. The highest BCUT2D eigenvalue weighted by Crippen LogP contribution is 2.39. The molecule has 0 bridgehead atoms. The van der Waals surface area contributed by atoms with Gasteiger partial charge in [-0.15, -0.1) is 0 Å². The molecule has 21 heavy (non-hydrogen) atoms. The van der Waals surface area contributed by atoms with Gasteiger partial charge in [0.05, 0.1) is 13.2 Å². The Morgan fingerprint density at radius 3 is 2.71 bits per heavy atom. The third-order valence-corrected chi connectivity index (χ3v) is 5.48. The first kappa shape index (κ1) is 14.9. The average Bonchev–Trinajstić information content (AvgIpc) is 2.56. The molecule has 0 radical (unpaired) electrons. The van der Waals surface area contributed by atoms with Gasteiger partial charge in [0, 0.05) is 18.7 Å². The number of ether oxygens (including phenoxy) is 1. The first-order valence-electron chi connectivity index (χ1n) is 8.40. The molecule has 1 aliphatic heterocycles. The first-order chi connectivity index (χ1) is 10.3. The molecule has 0 spiro atoms. The Bertz CT molecular complexity index is 462. The Labute approximate surface area is 128 Å². The number of methoxy groups -OCH3 is 1. The van der Waals surface area contributed by atoms with Crippen LogP contribution in [-0.4, -0.2) is 31.6 Å². The molecule has 3 rings (SSSR count). The van der Waals surface area contributed by atoms with E-state index >= 15 is 0 Å². The number of nitrogens with zero attached hydrogens (tertiary/aromatic N) is 1. The average molecular weight is 288 g/mol. The van der Waals surface area contributed by atoms with Gasteiger partial charge in [-0.3, -0.25) is 4.90 Å². The van der Waals surface area contributed by atoms with E-state index < -0.39 is 0 Å². The first-order valence-corrected chi connectivity index (χ1v) is 8.40. The largest absolute Gasteiger partial charge is 0.496 e. The van der Waals surface area contributed by atoms with Crippen molar-refractivity contribution in [2.75, 3.05) is 26.7 Å². The van der Waals surface area contributed by atoms with Crippen LogP contribution >= 0.6 is 0 Å². The van der Waals surface area contributed by atoms with Crippen molar-refractivity contribution in [3.05, 3.63) is 29.8 Å². The summed E-state index contributed by atoms with van der Waals surface area (Å²) in [6, 6.07) is 8.63. The molecule has 0 aromatic heterocycles. The van der Waals surface area contributed by atoms with Crippen LogP contribution in [0.4, 0.5) is 0 Å². The lowest BCUT2D eigenvalue weighted by Gasteiger charge is -2.44. The standard InChI is InChI=1S/C18H28N2O/c1-21-18-9-5-4-8-16(18)17(12-19)20-11-10-14-6-2-3-7-15(14)13-20/h4-5,8-9,14-15,17H,2-3,6-7,10-13,19H2,1H3. The number of hydrogen-bond donors (Lipinski definition) is 1. The second-order valence-electron chi connectivity index (χ2n) is 6.58. The van der Waals surface area contributed by atoms with Gasteiger partial charge in [-0.1, -0.05) is 37.5 Å². The van der Waals surface area contributed by atoms with Gasteiger partial charge < -0.3 is 10.5 Å². The predicted molar refractivity (Wildman–Crippen MR) is 86.4 cm³/mol. The van der Waals surface area contributed by atoms with E-state index in [0.29, 0.717) is 12.6 Å². The minimum Gasteiger partial charge on any atom is -0.496 e. The molecule has 2 N–H and O–H groups in total. The van der Waals surface area contributed by atoms with E-state index in [1.165, 1.54) is 50.8 Å². The molecule has 3 unspecified atom stereocenters. The number of para-hydroxylation sites is 1. The minimum atomic E-state index is 0.295. The van der Waals surface area contributed by atoms with Crippen LogP contribution in [0.3, 0.4) is 0 Å². The van der Waals surface area contributed by atoms with Crippen LogP contribution in [0.1, 0.15) is 43.7 Å². The summed E-state index contributed by atoms with van der Waals surface area (Å²) in [5, 5.41) is 0. The molecule has 1 heterocycles. The van der Waals surface area contributed by atoms with Crippen LogP contribution in [0.25, 0.3) is 0 Å². The van der Waals surface area contributed by atoms with Crippen molar-refractivity contribution >= 4 is 0 Å². The Morgan fingerprint density at radius 2 is 1.95 bits per heavy atom. The monoisotopic (exact) mass is 288 g/mol. The smallest absolute Gasteiger partial charge is 0.123 e. The number of fused-ring (bicyclic) bond motifs is 1. The second-order valence-corrected chi connectivity index (χ2v) is 6.58. The van der Waals surface area contributed by atoms with Gasteiger partial charge in [0.2, 0.25) is 0 Å². The molecular weight excluding hydrogens is 260 g/mol. The summed E-state index contributed by atoms with van der Waals surface area (Å²) < 4.78 is 5.54. The molecular formula is C18H28N2O. The van der Waals surface area contributed by atoms with Crippen LogP contribution in [0.15, 0.2) is 24.3 Å². The number of likely N-dealkylation sites (tertiary alicyclic amines) is 1. The highest BCUT2D eigenvalue weighted by molar-refractivity contribution is 5.36. The fourth-order valence-electron chi connectivity index (χ4n) is 4.33. The summed E-state index contributed by atoms with van der Waals surface area (Å²) in [7, 11) is 1.75. The van der Waals surface area contributed by atoms with Crippen molar-refractivity contribution in [1.29, 1.82) is 0 Å². The van der Waals surface area contributed by atoms with E-state index in [0.717, 1.165) is 17.6 Å². The van der Waals surface area contributed by atoms with Crippen LogP contribution in [0, 0.1) is 11.8 Å². The number of hydrogen-bond acceptors (Lipinski definition) is 3. The number of benzene rings is 1. The fourth-order valence-corrected chi connectivity index (χ4v) is 4.33. The van der Waals surface area contributed by atoms with Gasteiger partial charge in [-0.25, -0.2) is 0 Å². The maximum atomic E-state index is 6.13. The Morgan fingerprint density at radius 1 is 1.19 bits per heavy atom. The van der Waals surface area contributed by atoms with Gasteiger partial charge >= 0.3 is 0 Å². The molecule has 0 amide bonds. The fraction of sp³-hybridized carbons (Fsp3) is 0.667. The SMILES string of the molecule is COc1ccccc1C(CN)N1CCC2CCCCC2C1. The third kappa shape index (κ3) is 3.09. The normalized spacial score (nSPS) is 27.9. The highest BCUT2D eigenvalue weighted by atomic mass is 16.5. The predicted octanol–water partition coefficient (Wildman–Crippen LogP) is 3.21. The van der Waals surface area contributed by atoms with Crippen LogP contribution in [0.5, 0.6) is 5.75 Å². The zero-order valence-corrected chi connectivity index (χ0v) is 13.1. The number of piperidine rings is 1. The van der Waals surface area contributed by atoms with Crippen molar-refractivity contribution in [1.82, 2.24) is 4.90 Å². The van der Waals surface area contributed by atoms with Crippen molar-refractivity contribution in [2.45, 2.75) is 38.1 Å². The van der Waals surface area contributed by atoms with Gasteiger partial charge in [0.15, 0.2) is 0 Å². The van der Waals surface area contributed by atoms with E-state index in [4.69, 9.17) is 10.5 Å². The summed E-state index contributed by atoms with van der Waals surface area (Å²) in [4.78, 5) is 2.60. The van der Waals surface area contributed by atoms with Gasteiger partial charge in [-0.05, 0) is 37.3 Å². The van der Waals surface area contributed by atoms with Crippen LogP contribution in [0.2, 0.25) is 0 Å². The van der Waals surface area contributed by atoms with E-state index in [1.807, 2.05) is 12.1 Å². The van der Waals surface area contributed by atoms with Gasteiger partial charge in [-0.2, -0.15) is 0 Å². The Kier molecular flexibility index (Phi) is 4.81. The maximum Gasteiger partial charge on any atom is 0.123 e. The molecule has 2 fully saturated rings. The molecule has 1 aliphatic carbocycles. The lowest BCUT2D eigenvalue weighted by molar-refractivity contribution is 0.0579. The zero-order valence-electron chi connectivity index (χ0n) is 13.1. The van der Waals surface area contributed by atoms with Gasteiger partial charge in [0.25, 0.3) is 0 Å². The molecule has 1 saturated carbocycles. The summed E-state index contributed by atoms with van der Waals surface area (Å²) in [6.07, 6.45) is 7.05. The molecule has 1 aromatic carbocycles. The van der Waals surface area contributed by atoms with Crippen molar-refractivity contribution in [3.63, 3.8) is 0 Å². The van der Waals surface area contributed by atoms with Crippen molar-refractivity contribution < 1.29 is 4.74 Å². The summed E-state index contributed by atoms with van der Waals surface area (Å²) in [6.45, 7) is 3.06. The molecule has 116 valence electrons. The Hall–Kier alpha value is -1.06. The molecule has 2 aliphatic rings. The summed E-state index contributed by atoms with van der Waals surface area (Å²) >= 11 is 0. The molecule has 3 heteroatoms. The summed E-state index contributed by atoms with van der Waals surface area (Å²) in [5.74, 6) is 2.82. The zero-order chi connectivity index (χ0) is 14.7. The molecule has 1 saturated heterocycles. The van der Waals surface area contributed by atoms with E-state index in [1.54, 1.807) is 7.11 Å². The second kappa shape index (κ2) is 6.80. The number of rotatable bonds is 4. The van der Waals surface area contributed by atoms with E-state index in [9.17, 15) is 0 Å². The van der Waals surface area contributed by atoms with Crippen molar-refractivity contribution in [3.8, 4) is 5.75 Å². The topological polar surface area (TPSA) is 38.5 Å². The van der Waals surface area contributed by atoms with E-state index in [-0.39, 0.29) is 0 Å². The Balaban J connectivity index is 1.77.